The number of carbonyl (C=O) groups is 1. The molecule has 27 heavy (non-hydrogen) atoms. The Bertz CT molecular complexity index is 850. The number of hydrogen-bond donors (Lipinski definition) is 1. The fourth-order valence-electron chi connectivity index (χ4n) is 2.40. The van der Waals surface area contributed by atoms with Gasteiger partial charge in [0.1, 0.15) is 0 Å². The summed E-state index contributed by atoms with van der Waals surface area (Å²) in [5.74, 6) is 0.0125. The normalized spacial score (nSPS) is 11.9. The predicted octanol–water partition coefficient (Wildman–Crippen LogP) is 5.72. The van der Waals surface area contributed by atoms with Crippen LogP contribution in [-0.4, -0.2) is 23.3 Å². The highest BCUT2D eigenvalue weighted by Gasteiger charge is 2.30. The third-order valence-electron chi connectivity index (χ3n) is 3.62. The second-order valence-corrected chi connectivity index (χ2v) is 8.44. The zero-order valence-corrected chi connectivity index (χ0v) is 17.6. The van der Waals surface area contributed by atoms with E-state index in [-0.39, 0.29) is 35.2 Å². The van der Waals surface area contributed by atoms with E-state index in [1.54, 1.807) is 39.0 Å². The van der Waals surface area contributed by atoms with Crippen LogP contribution in [0.4, 0.5) is 0 Å². The van der Waals surface area contributed by atoms with Crippen LogP contribution in [0.3, 0.4) is 0 Å². The van der Waals surface area contributed by atoms with Gasteiger partial charge >= 0.3 is 5.97 Å². The van der Waals surface area contributed by atoms with Gasteiger partial charge in [-0.05, 0) is 66.7 Å². The Kier molecular flexibility index (Phi) is 6.15. The summed E-state index contributed by atoms with van der Waals surface area (Å²) >= 11 is 6.11. The number of ether oxygens (including phenoxy) is 3. The van der Waals surface area contributed by atoms with Crippen LogP contribution in [0.5, 0.6) is 23.0 Å². The fourth-order valence-corrected chi connectivity index (χ4v) is 2.57. The molecule has 6 heteroatoms. The van der Waals surface area contributed by atoms with Gasteiger partial charge in [-0.25, -0.2) is 0 Å². The highest BCUT2D eigenvalue weighted by molar-refractivity contribution is 6.31. The lowest BCUT2D eigenvalue weighted by Crippen LogP contribution is -2.26. The summed E-state index contributed by atoms with van der Waals surface area (Å²) in [6.07, 6.45) is -0.455. The Labute approximate surface area is 165 Å². The minimum absolute atomic E-state index is 0.104. The third kappa shape index (κ3) is 4.78. The van der Waals surface area contributed by atoms with Crippen LogP contribution in [0.1, 0.15) is 48.5 Å². The summed E-state index contributed by atoms with van der Waals surface area (Å²) in [6, 6.07) is 4.96. The van der Waals surface area contributed by atoms with Gasteiger partial charge in [-0.3, -0.25) is 4.79 Å². The van der Waals surface area contributed by atoms with Gasteiger partial charge in [0.05, 0.1) is 17.6 Å². The maximum Gasteiger partial charge on any atom is 0.316 e. The Balaban J connectivity index is 2.84. The van der Waals surface area contributed by atoms with Crippen molar-refractivity contribution in [2.75, 3.05) is 0 Å². The van der Waals surface area contributed by atoms with Crippen molar-refractivity contribution in [3.05, 3.63) is 23.2 Å². The van der Waals surface area contributed by atoms with Gasteiger partial charge in [0.25, 0.3) is 0 Å². The zero-order chi connectivity index (χ0) is 20.5. The van der Waals surface area contributed by atoms with Crippen molar-refractivity contribution in [2.45, 2.75) is 60.7 Å². The summed E-state index contributed by atoms with van der Waals surface area (Å²) in [5.41, 5.74) is -0.717. The van der Waals surface area contributed by atoms with Crippen molar-refractivity contribution in [1.29, 1.82) is 0 Å². The van der Waals surface area contributed by atoms with E-state index in [9.17, 15) is 9.90 Å². The van der Waals surface area contributed by atoms with E-state index in [1.165, 1.54) is 0 Å². The quantitative estimate of drug-likeness (QED) is 0.518. The molecule has 0 aliphatic carbocycles. The van der Waals surface area contributed by atoms with Crippen LogP contribution < -0.4 is 14.2 Å². The van der Waals surface area contributed by atoms with Gasteiger partial charge in [0, 0.05) is 15.8 Å². The number of fused-ring (bicyclic) bond motifs is 1. The van der Waals surface area contributed by atoms with Crippen LogP contribution in [0.2, 0.25) is 5.02 Å². The first-order valence-corrected chi connectivity index (χ1v) is 9.33. The Hall–Kier alpha value is -2.14. The van der Waals surface area contributed by atoms with Crippen LogP contribution in [0.25, 0.3) is 10.8 Å². The van der Waals surface area contributed by atoms with Crippen molar-refractivity contribution in [1.82, 2.24) is 0 Å². The third-order valence-corrected chi connectivity index (χ3v) is 3.86. The largest absolute Gasteiger partial charge is 0.504 e. The minimum atomic E-state index is -0.717. The SMILES string of the molecule is CC(C)Oc1c(OC(C)C)c(OC(=O)C(C)(C)C)c2ccc(Cl)cc2c1O. The van der Waals surface area contributed by atoms with Crippen LogP contribution in [-0.2, 0) is 4.79 Å². The van der Waals surface area contributed by atoms with E-state index in [0.29, 0.717) is 15.8 Å². The molecule has 0 aliphatic rings. The molecule has 2 rings (SSSR count). The second-order valence-electron chi connectivity index (χ2n) is 8.00. The molecule has 0 aromatic heterocycles. The number of rotatable bonds is 5. The predicted molar refractivity (Wildman–Crippen MR) is 107 cm³/mol. The van der Waals surface area contributed by atoms with Crippen molar-refractivity contribution >= 4 is 28.3 Å². The number of hydrogen-bond acceptors (Lipinski definition) is 5. The average molecular weight is 395 g/mol. The van der Waals surface area contributed by atoms with Crippen LogP contribution in [0.15, 0.2) is 18.2 Å². The Morgan fingerprint density at radius 1 is 0.963 bits per heavy atom. The standard InChI is InChI=1S/C21H27ClO5/c1-11(2)25-18-16(23)15-10-13(22)8-9-14(15)17(19(18)26-12(3)4)27-20(24)21(5,6)7/h8-12,23H,1-7H3. The molecule has 2 aromatic rings. The lowest BCUT2D eigenvalue weighted by Gasteiger charge is -2.24. The molecular formula is C21H27ClO5. The summed E-state index contributed by atoms with van der Waals surface area (Å²) in [5, 5.41) is 12.2. The van der Waals surface area contributed by atoms with E-state index in [2.05, 4.69) is 0 Å². The second kappa shape index (κ2) is 7.85. The van der Waals surface area contributed by atoms with Gasteiger partial charge in [-0.2, -0.15) is 0 Å². The minimum Gasteiger partial charge on any atom is -0.504 e. The number of carbonyl (C=O) groups excluding carboxylic acids is 1. The highest BCUT2D eigenvalue weighted by atomic mass is 35.5. The molecule has 148 valence electrons. The Morgan fingerprint density at radius 3 is 2.04 bits per heavy atom. The molecule has 0 radical (unpaired) electrons. The van der Waals surface area contributed by atoms with Crippen molar-refractivity contribution in [3.63, 3.8) is 0 Å². The van der Waals surface area contributed by atoms with Gasteiger partial charge in [0.15, 0.2) is 11.5 Å². The molecule has 0 spiro atoms. The van der Waals surface area contributed by atoms with E-state index < -0.39 is 11.4 Å². The smallest absolute Gasteiger partial charge is 0.316 e. The molecule has 0 amide bonds. The molecule has 0 atom stereocenters. The van der Waals surface area contributed by atoms with Crippen molar-refractivity contribution in [2.24, 2.45) is 5.41 Å². The first kappa shape index (κ1) is 21.2. The van der Waals surface area contributed by atoms with Gasteiger partial charge < -0.3 is 19.3 Å². The van der Waals surface area contributed by atoms with Gasteiger partial charge in [0.2, 0.25) is 11.5 Å². The summed E-state index contributed by atoms with van der Waals surface area (Å²) in [4.78, 5) is 12.6. The number of phenols is 1. The number of halogens is 1. The van der Waals surface area contributed by atoms with E-state index in [1.807, 2.05) is 27.7 Å². The molecule has 2 aromatic carbocycles. The molecule has 1 N–H and O–H groups in total. The van der Waals surface area contributed by atoms with Gasteiger partial charge in [-0.1, -0.05) is 11.6 Å². The molecule has 0 saturated heterocycles. The zero-order valence-electron chi connectivity index (χ0n) is 16.8. The first-order valence-electron chi connectivity index (χ1n) is 8.95. The molecule has 0 aliphatic heterocycles. The monoisotopic (exact) mass is 394 g/mol. The average Bonchev–Trinajstić information content (AvgIpc) is 2.53. The summed E-state index contributed by atoms with van der Waals surface area (Å²) < 4.78 is 17.5. The lowest BCUT2D eigenvalue weighted by molar-refractivity contribution is -0.143. The molecule has 5 nitrogen and oxygen atoms in total. The Morgan fingerprint density at radius 2 is 1.52 bits per heavy atom. The van der Waals surface area contributed by atoms with E-state index in [4.69, 9.17) is 25.8 Å². The van der Waals surface area contributed by atoms with Crippen LogP contribution in [0, 0.1) is 5.41 Å². The van der Waals surface area contributed by atoms with E-state index in [0.717, 1.165) is 0 Å². The maximum absolute atomic E-state index is 12.6. The fraction of sp³-hybridized carbons (Fsp3) is 0.476. The molecule has 0 bridgehead atoms. The maximum atomic E-state index is 12.6. The molecule has 0 fully saturated rings. The van der Waals surface area contributed by atoms with Crippen molar-refractivity contribution in [3.8, 4) is 23.0 Å². The first-order chi connectivity index (χ1) is 12.4. The molecule has 0 heterocycles. The summed E-state index contributed by atoms with van der Waals surface area (Å²) in [7, 11) is 0. The molecule has 0 unspecified atom stereocenters. The number of esters is 1. The van der Waals surface area contributed by atoms with Crippen LogP contribution >= 0.6 is 11.6 Å². The highest BCUT2D eigenvalue weighted by Crippen LogP contribution is 2.52. The number of benzene rings is 2. The summed E-state index contributed by atoms with van der Waals surface area (Å²) in [6.45, 7) is 12.7. The van der Waals surface area contributed by atoms with Gasteiger partial charge in [-0.15, -0.1) is 0 Å². The molecule has 0 saturated carbocycles. The van der Waals surface area contributed by atoms with E-state index >= 15 is 0 Å². The lowest BCUT2D eigenvalue weighted by atomic mass is 9.97. The molecular weight excluding hydrogens is 368 g/mol. The number of phenolic OH excluding ortho intramolecular Hbond substituents is 1. The number of aromatic hydroxyl groups is 1. The topological polar surface area (TPSA) is 65.0 Å². The van der Waals surface area contributed by atoms with Crippen molar-refractivity contribution < 1.29 is 24.1 Å².